The summed E-state index contributed by atoms with van der Waals surface area (Å²) in [4.78, 5) is 10.4. The number of hydrogen-bond acceptors (Lipinski definition) is 3. The molecular formula is C15H15ClN2O2. The van der Waals surface area contributed by atoms with Crippen LogP contribution >= 0.6 is 11.6 Å². The molecule has 1 amide bonds. The summed E-state index contributed by atoms with van der Waals surface area (Å²) in [6.07, 6.45) is 0. The van der Waals surface area contributed by atoms with Crippen LogP contribution in [0, 0.1) is 5.41 Å². The van der Waals surface area contributed by atoms with Crippen molar-refractivity contribution in [1.29, 1.82) is 5.41 Å². The van der Waals surface area contributed by atoms with E-state index in [-0.39, 0.29) is 16.7 Å². The second-order valence-corrected chi connectivity index (χ2v) is 4.40. The summed E-state index contributed by atoms with van der Waals surface area (Å²) in [5.41, 5.74) is 6.32. The van der Waals surface area contributed by atoms with Gasteiger partial charge in [-0.05, 0) is 31.2 Å². The van der Waals surface area contributed by atoms with Crippen molar-refractivity contribution < 1.29 is 9.90 Å². The Kier molecular flexibility index (Phi) is 5.74. The van der Waals surface area contributed by atoms with Gasteiger partial charge in [0.1, 0.15) is 5.75 Å². The quantitative estimate of drug-likeness (QED) is 0.742. The smallest absolute Gasteiger partial charge is 0.248 e. The van der Waals surface area contributed by atoms with Gasteiger partial charge in [0.2, 0.25) is 5.91 Å². The molecule has 0 radical (unpaired) electrons. The Morgan fingerprint density at radius 2 is 1.75 bits per heavy atom. The summed E-state index contributed by atoms with van der Waals surface area (Å²) in [5, 5.41) is 16.8. The average molecular weight is 291 g/mol. The van der Waals surface area contributed by atoms with Crippen molar-refractivity contribution in [2.24, 2.45) is 5.73 Å². The van der Waals surface area contributed by atoms with Crippen molar-refractivity contribution in [2.75, 3.05) is 0 Å². The van der Waals surface area contributed by atoms with Crippen molar-refractivity contribution in [3.05, 3.63) is 64.7 Å². The maximum absolute atomic E-state index is 10.4. The van der Waals surface area contributed by atoms with Crippen molar-refractivity contribution >= 4 is 23.2 Å². The SMILES string of the molecule is CC(=N)c1cccc(Cl)c1O.NC(=O)c1ccccc1. The van der Waals surface area contributed by atoms with Crippen molar-refractivity contribution in [2.45, 2.75) is 6.92 Å². The van der Waals surface area contributed by atoms with E-state index in [0.29, 0.717) is 16.8 Å². The fourth-order valence-corrected chi connectivity index (χ4v) is 1.59. The number of aromatic hydroxyl groups is 1. The van der Waals surface area contributed by atoms with Crippen LogP contribution in [-0.2, 0) is 0 Å². The number of nitrogens with one attached hydrogen (secondary N) is 1. The minimum atomic E-state index is -0.379. The fraction of sp³-hybridized carbons (Fsp3) is 0.0667. The van der Waals surface area contributed by atoms with Crippen LogP contribution < -0.4 is 5.73 Å². The number of para-hydroxylation sites is 1. The molecule has 0 aliphatic rings. The molecule has 4 N–H and O–H groups in total. The highest BCUT2D eigenvalue weighted by molar-refractivity contribution is 6.32. The van der Waals surface area contributed by atoms with Gasteiger partial charge in [0.05, 0.1) is 5.02 Å². The number of rotatable bonds is 2. The standard InChI is InChI=1S/C8H8ClNO.C7H7NO/c1-5(10)6-3-2-4-7(9)8(6)11;8-7(9)6-4-2-1-3-5-6/h2-4,10-11H,1H3;1-5H,(H2,8,9). The number of phenolic OH excluding ortho intramolecular Hbond substituents is 1. The van der Waals surface area contributed by atoms with E-state index < -0.39 is 0 Å². The van der Waals surface area contributed by atoms with Crippen molar-refractivity contribution in [3.8, 4) is 5.75 Å². The number of carbonyl (C=O) groups is 1. The molecule has 0 aliphatic heterocycles. The van der Waals surface area contributed by atoms with Crippen LogP contribution in [0.25, 0.3) is 0 Å². The molecule has 2 rings (SSSR count). The lowest BCUT2D eigenvalue weighted by molar-refractivity contribution is 0.100. The van der Waals surface area contributed by atoms with E-state index in [1.807, 2.05) is 6.07 Å². The van der Waals surface area contributed by atoms with Gasteiger partial charge in [-0.1, -0.05) is 35.9 Å². The monoisotopic (exact) mass is 290 g/mol. The highest BCUT2D eigenvalue weighted by Crippen LogP contribution is 2.26. The number of halogens is 1. The molecule has 0 heterocycles. The van der Waals surface area contributed by atoms with Gasteiger partial charge in [-0.25, -0.2) is 0 Å². The van der Waals surface area contributed by atoms with Gasteiger partial charge in [-0.15, -0.1) is 0 Å². The van der Waals surface area contributed by atoms with E-state index >= 15 is 0 Å². The number of amides is 1. The van der Waals surface area contributed by atoms with Gasteiger partial charge in [0.15, 0.2) is 0 Å². The molecule has 5 heteroatoms. The largest absolute Gasteiger partial charge is 0.506 e. The van der Waals surface area contributed by atoms with E-state index in [1.54, 1.807) is 49.4 Å². The normalized spacial score (nSPS) is 9.30. The average Bonchev–Trinajstić information content (AvgIpc) is 2.43. The lowest BCUT2D eigenvalue weighted by Crippen LogP contribution is -2.09. The molecule has 0 aliphatic carbocycles. The van der Waals surface area contributed by atoms with Crippen LogP contribution in [0.15, 0.2) is 48.5 Å². The van der Waals surface area contributed by atoms with E-state index in [1.165, 1.54) is 0 Å². The minimum absolute atomic E-state index is 0.0123. The molecule has 2 aromatic carbocycles. The van der Waals surface area contributed by atoms with Crippen molar-refractivity contribution in [1.82, 2.24) is 0 Å². The maximum atomic E-state index is 10.4. The van der Waals surface area contributed by atoms with E-state index in [2.05, 4.69) is 0 Å². The Morgan fingerprint density at radius 1 is 1.15 bits per heavy atom. The first-order valence-electron chi connectivity index (χ1n) is 5.81. The van der Waals surface area contributed by atoms with Crippen molar-refractivity contribution in [3.63, 3.8) is 0 Å². The third-order valence-electron chi connectivity index (χ3n) is 2.45. The summed E-state index contributed by atoms with van der Waals surface area (Å²) < 4.78 is 0. The Hall–Kier alpha value is -2.33. The van der Waals surface area contributed by atoms with Gasteiger partial charge in [0, 0.05) is 16.8 Å². The van der Waals surface area contributed by atoms with Gasteiger partial charge in [-0.3, -0.25) is 4.79 Å². The zero-order valence-corrected chi connectivity index (χ0v) is 11.7. The molecule has 0 bridgehead atoms. The Labute approximate surface area is 122 Å². The zero-order valence-electron chi connectivity index (χ0n) is 10.9. The molecule has 0 fully saturated rings. The highest BCUT2D eigenvalue weighted by atomic mass is 35.5. The molecule has 0 aromatic heterocycles. The van der Waals surface area contributed by atoms with E-state index in [9.17, 15) is 9.90 Å². The molecule has 4 nitrogen and oxygen atoms in total. The molecule has 0 saturated heterocycles. The summed E-state index contributed by atoms with van der Waals surface area (Å²) in [6, 6.07) is 13.7. The van der Waals surface area contributed by atoms with Crippen LogP contribution in [0.4, 0.5) is 0 Å². The molecule has 0 spiro atoms. The lowest BCUT2D eigenvalue weighted by Gasteiger charge is -2.02. The number of hydrogen-bond donors (Lipinski definition) is 3. The van der Waals surface area contributed by atoms with E-state index in [0.717, 1.165) is 0 Å². The maximum Gasteiger partial charge on any atom is 0.248 e. The first-order chi connectivity index (χ1) is 9.43. The van der Waals surface area contributed by atoms with Crippen LogP contribution in [0.3, 0.4) is 0 Å². The van der Waals surface area contributed by atoms with Crippen LogP contribution in [-0.4, -0.2) is 16.7 Å². The highest BCUT2D eigenvalue weighted by Gasteiger charge is 2.05. The number of carbonyl (C=O) groups excluding carboxylic acids is 1. The number of primary amides is 1. The Bertz CT molecular complexity index is 613. The molecule has 20 heavy (non-hydrogen) atoms. The van der Waals surface area contributed by atoms with Crippen LogP contribution in [0.1, 0.15) is 22.8 Å². The predicted octanol–water partition coefficient (Wildman–Crippen LogP) is 3.22. The molecule has 2 aromatic rings. The summed E-state index contributed by atoms with van der Waals surface area (Å²) in [6.45, 7) is 1.60. The van der Waals surface area contributed by atoms with Crippen LogP contribution in [0.2, 0.25) is 5.02 Å². The fourth-order valence-electron chi connectivity index (χ4n) is 1.42. The van der Waals surface area contributed by atoms with E-state index in [4.69, 9.17) is 22.7 Å². The molecule has 0 atom stereocenters. The molecule has 0 unspecified atom stereocenters. The summed E-state index contributed by atoms with van der Waals surface area (Å²) in [7, 11) is 0. The van der Waals surface area contributed by atoms with Crippen LogP contribution in [0.5, 0.6) is 5.75 Å². The Balaban J connectivity index is 0.000000204. The first-order valence-corrected chi connectivity index (χ1v) is 6.19. The second kappa shape index (κ2) is 7.31. The third kappa shape index (κ3) is 4.40. The van der Waals surface area contributed by atoms with Gasteiger partial charge < -0.3 is 16.2 Å². The van der Waals surface area contributed by atoms with Gasteiger partial charge in [-0.2, -0.15) is 0 Å². The molecule has 0 saturated carbocycles. The number of nitrogens with two attached hydrogens (primary N) is 1. The zero-order chi connectivity index (χ0) is 15.1. The summed E-state index contributed by atoms with van der Waals surface area (Å²) >= 11 is 5.61. The predicted molar refractivity (Wildman–Crippen MR) is 80.6 cm³/mol. The Morgan fingerprint density at radius 3 is 2.15 bits per heavy atom. The third-order valence-corrected chi connectivity index (χ3v) is 2.75. The topological polar surface area (TPSA) is 87.2 Å². The lowest BCUT2D eigenvalue weighted by atomic mass is 10.1. The second-order valence-electron chi connectivity index (χ2n) is 3.99. The molecular weight excluding hydrogens is 276 g/mol. The molecule has 104 valence electrons. The number of phenols is 1. The van der Waals surface area contributed by atoms with Gasteiger partial charge in [0.25, 0.3) is 0 Å². The number of benzene rings is 2. The minimum Gasteiger partial charge on any atom is -0.506 e. The van der Waals surface area contributed by atoms with Gasteiger partial charge >= 0.3 is 0 Å². The first kappa shape index (κ1) is 15.7. The summed E-state index contributed by atoms with van der Waals surface area (Å²) in [5.74, 6) is -0.391.